The summed E-state index contributed by atoms with van der Waals surface area (Å²) in [5.41, 5.74) is 3.85. The molecule has 1 aliphatic carbocycles. The molecule has 7 nitrogen and oxygen atoms in total. The second kappa shape index (κ2) is 7.43. The topological polar surface area (TPSA) is 86.1 Å². The summed E-state index contributed by atoms with van der Waals surface area (Å²) in [7, 11) is 1.36. The molecule has 2 aromatic rings. The maximum absolute atomic E-state index is 12.9. The molecule has 0 spiro atoms. The van der Waals surface area contributed by atoms with Gasteiger partial charge >= 0.3 is 5.97 Å². The molecule has 2 atom stereocenters. The van der Waals surface area contributed by atoms with Crippen molar-refractivity contribution in [3.05, 3.63) is 46.7 Å². The zero-order valence-corrected chi connectivity index (χ0v) is 16.9. The first-order valence-corrected chi connectivity index (χ1v) is 10.2. The van der Waals surface area contributed by atoms with Gasteiger partial charge in [-0.25, -0.2) is 4.68 Å². The lowest BCUT2D eigenvalue weighted by Crippen LogP contribution is -2.33. The third kappa shape index (κ3) is 3.44. The van der Waals surface area contributed by atoms with Crippen LogP contribution >= 0.6 is 11.8 Å². The zero-order valence-electron chi connectivity index (χ0n) is 16.1. The number of anilines is 1. The van der Waals surface area contributed by atoms with Crippen molar-refractivity contribution in [2.75, 3.05) is 18.2 Å². The second-order valence-electron chi connectivity index (χ2n) is 7.29. The van der Waals surface area contributed by atoms with Crippen molar-refractivity contribution in [1.82, 2.24) is 14.8 Å². The standard InChI is InChI=1S/C20H22N4O3S/c1-11-4-6-13(7-5-11)18-17-14(8-12(2)9-15(17)25)21-19-22-20(23-24(18)19)28-10-16(26)27-3/h4-7,12,18H,8-10H2,1-3H3,(H,21,22,23)/t12-,18+/m1/s1. The minimum absolute atomic E-state index is 0.137. The number of fused-ring (bicyclic) bond motifs is 1. The Morgan fingerprint density at radius 3 is 2.79 bits per heavy atom. The molecule has 1 aromatic heterocycles. The van der Waals surface area contributed by atoms with E-state index in [1.807, 2.05) is 31.2 Å². The quantitative estimate of drug-likeness (QED) is 0.625. The molecule has 0 unspecified atom stereocenters. The van der Waals surface area contributed by atoms with Crippen LogP contribution in [0.1, 0.15) is 36.9 Å². The number of aryl methyl sites for hydroxylation is 1. The Balaban J connectivity index is 1.76. The number of aromatic nitrogens is 3. The van der Waals surface area contributed by atoms with Gasteiger partial charge in [0.15, 0.2) is 5.78 Å². The van der Waals surface area contributed by atoms with Gasteiger partial charge in [0.25, 0.3) is 0 Å². The highest BCUT2D eigenvalue weighted by molar-refractivity contribution is 7.99. The highest BCUT2D eigenvalue weighted by atomic mass is 32.2. The van der Waals surface area contributed by atoms with Crippen molar-refractivity contribution in [2.45, 2.75) is 37.9 Å². The molecule has 1 N–H and O–H groups in total. The number of hydrogen-bond acceptors (Lipinski definition) is 7. The molecule has 0 fully saturated rings. The van der Waals surface area contributed by atoms with Crippen molar-refractivity contribution >= 4 is 29.5 Å². The molecular formula is C20H22N4O3S. The number of thioether (sulfide) groups is 1. The van der Waals surface area contributed by atoms with Crippen molar-refractivity contribution in [3.8, 4) is 0 Å². The van der Waals surface area contributed by atoms with E-state index in [4.69, 9.17) is 0 Å². The van der Waals surface area contributed by atoms with E-state index in [2.05, 4.69) is 27.1 Å². The number of ketones is 1. The maximum Gasteiger partial charge on any atom is 0.316 e. The van der Waals surface area contributed by atoms with E-state index in [0.29, 0.717) is 23.4 Å². The van der Waals surface area contributed by atoms with E-state index >= 15 is 0 Å². The normalized spacial score (nSPS) is 21.0. The van der Waals surface area contributed by atoms with Crippen LogP contribution in [0.25, 0.3) is 0 Å². The predicted molar refractivity (Wildman–Crippen MR) is 106 cm³/mol. The van der Waals surface area contributed by atoms with Gasteiger partial charge in [0.1, 0.15) is 6.04 Å². The summed E-state index contributed by atoms with van der Waals surface area (Å²) in [6.07, 6.45) is 1.35. The van der Waals surface area contributed by atoms with Crippen molar-refractivity contribution in [2.24, 2.45) is 5.92 Å². The van der Waals surface area contributed by atoms with Gasteiger partial charge in [-0.05, 0) is 24.8 Å². The van der Waals surface area contributed by atoms with Gasteiger partial charge in [-0.2, -0.15) is 4.98 Å². The Hall–Kier alpha value is -2.61. The molecule has 28 heavy (non-hydrogen) atoms. The van der Waals surface area contributed by atoms with Gasteiger partial charge in [-0.3, -0.25) is 9.59 Å². The number of methoxy groups -OCH3 is 1. The van der Waals surface area contributed by atoms with Crippen LogP contribution in [-0.4, -0.2) is 39.4 Å². The summed E-state index contributed by atoms with van der Waals surface area (Å²) < 4.78 is 6.45. The molecule has 2 heterocycles. The van der Waals surface area contributed by atoms with Gasteiger partial charge < -0.3 is 10.1 Å². The third-order valence-electron chi connectivity index (χ3n) is 5.04. The van der Waals surface area contributed by atoms with Gasteiger partial charge in [0, 0.05) is 17.7 Å². The van der Waals surface area contributed by atoms with Gasteiger partial charge in [-0.15, -0.1) is 5.10 Å². The molecule has 4 rings (SSSR count). The summed E-state index contributed by atoms with van der Waals surface area (Å²) >= 11 is 1.22. The molecule has 1 aromatic carbocycles. The summed E-state index contributed by atoms with van der Waals surface area (Å²) in [5.74, 6) is 0.843. The number of carbonyl (C=O) groups excluding carboxylic acids is 2. The average Bonchev–Trinajstić information content (AvgIpc) is 3.07. The summed E-state index contributed by atoms with van der Waals surface area (Å²) in [6, 6.07) is 7.84. The fourth-order valence-corrected chi connectivity index (χ4v) is 4.35. The molecular weight excluding hydrogens is 376 g/mol. The van der Waals surface area contributed by atoms with Crippen LogP contribution in [0.3, 0.4) is 0 Å². The van der Waals surface area contributed by atoms with Crippen LogP contribution in [0, 0.1) is 12.8 Å². The summed E-state index contributed by atoms with van der Waals surface area (Å²) in [5, 5.41) is 8.38. The Morgan fingerprint density at radius 2 is 2.07 bits per heavy atom. The van der Waals surface area contributed by atoms with Crippen molar-refractivity contribution in [3.63, 3.8) is 0 Å². The van der Waals surface area contributed by atoms with Crippen LogP contribution in [-0.2, 0) is 14.3 Å². The van der Waals surface area contributed by atoms with Crippen LogP contribution in [0.2, 0.25) is 0 Å². The van der Waals surface area contributed by atoms with Crippen molar-refractivity contribution < 1.29 is 14.3 Å². The lowest BCUT2D eigenvalue weighted by molar-refractivity contribution is -0.137. The SMILES string of the molecule is COC(=O)CSc1nc2n(n1)[C@@H](c1ccc(C)cc1)C1=C(C[C@@H](C)CC1=O)N2. The Morgan fingerprint density at radius 1 is 1.32 bits per heavy atom. The lowest BCUT2D eigenvalue weighted by atomic mass is 9.81. The number of Topliss-reactive ketones (excluding diaryl/α,β-unsaturated/α-hetero) is 1. The minimum Gasteiger partial charge on any atom is -0.468 e. The number of benzene rings is 1. The van der Waals surface area contributed by atoms with E-state index < -0.39 is 0 Å². The monoisotopic (exact) mass is 398 g/mol. The molecule has 146 valence electrons. The lowest BCUT2D eigenvalue weighted by Gasteiger charge is -2.34. The number of rotatable bonds is 4. The summed E-state index contributed by atoms with van der Waals surface area (Å²) in [4.78, 5) is 28.9. The number of hydrogen-bond donors (Lipinski definition) is 1. The minimum atomic E-state index is -0.331. The smallest absolute Gasteiger partial charge is 0.316 e. The molecule has 0 amide bonds. The third-order valence-corrected chi connectivity index (χ3v) is 5.86. The first-order valence-electron chi connectivity index (χ1n) is 9.22. The number of ether oxygens (including phenoxy) is 1. The fraction of sp³-hybridized carbons (Fsp3) is 0.400. The molecule has 0 saturated heterocycles. The number of esters is 1. The predicted octanol–water partition coefficient (Wildman–Crippen LogP) is 3.12. The molecule has 0 bridgehead atoms. The molecule has 1 aliphatic heterocycles. The highest BCUT2D eigenvalue weighted by Crippen LogP contribution is 2.41. The molecule has 0 radical (unpaired) electrons. The first kappa shape index (κ1) is 18.7. The molecule has 8 heteroatoms. The van der Waals surface area contributed by atoms with E-state index in [1.54, 1.807) is 4.68 Å². The first-order chi connectivity index (χ1) is 13.5. The van der Waals surface area contributed by atoms with E-state index in [0.717, 1.165) is 28.8 Å². The molecule has 2 aliphatic rings. The number of allylic oxidation sites excluding steroid dienone is 2. The zero-order chi connectivity index (χ0) is 19.8. The number of nitrogens with one attached hydrogen (secondary N) is 1. The van der Waals surface area contributed by atoms with Crippen LogP contribution in [0.15, 0.2) is 40.7 Å². The van der Waals surface area contributed by atoms with Crippen LogP contribution in [0.4, 0.5) is 5.95 Å². The second-order valence-corrected chi connectivity index (χ2v) is 8.24. The van der Waals surface area contributed by atoms with Crippen LogP contribution in [0.5, 0.6) is 0 Å². The maximum atomic E-state index is 12.9. The molecule has 0 saturated carbocycles. The van der Waals surface area contributed by atoms with Crippen molar-refractivity contribution in [1.29, 1.82) is 0 Å². The Bertz CT molecular complexity index is 964. The number of nitrogens with zero attached hydrogens (tertiary/aromatic N) is 3. The average molecular weight is 398 g/mol. The fourth-order valence-electron chi connectivity index (χ4n) is 3.69. The number of carbonyl (C=O) groups is 2. The van der Waals surface area contributed by atoms with Crippen LogP contribution < -0.4 is 5.32 Å². The van der Waals surface area contributed by atoms with E-state index in [9.17, 15) is 9.59 Å². The van der Waals surface area contributed by atoms with E-state index in [-0.39, 0.29) is 23.5 Å². The Kier molecular flexibility index (Phi) is 4.97. The van der Waals surface area contributed by atoms with Gasteiger partial charge in [-0.1, -0.05) is 48.5 Å². The Labute approximate surface area is 167 Å². The highest BCUT2D eigenvalue weighted by Gasteiger charge is 2.38. The van der Waals surface area contributed by atoms with Gasteiger partial charge in [0.2, 0.25) is 11.1 Å². The largest absolute Gasteiger partial charge is 0.468 e. The van der Waals surface area contributed by atoms with E-state index in [1.165, 1.54) is 18.9 Å². The summed E-state index contributed by atoms with van der Waals surface area (Å²) in [6.45, 7) is 4.12. The van der Waals surface area contributed by atoms with Gasteiger partial charge in [0.05, 0.1) is 12.9 Å².